The molecular formula is C13H20N2OS. The molecule has 0 bridgehead atoms. The van der Waals surface area contributed by atoms with Crippen LogP contribution in [0.2, 0.25) is 0 Å². The first-order valence-electron chi connectivity index (χ1n) is 6.42. The van der Waals surface area contributed by atoms with Crippen molar-refractivity contribution in [3.63, 3.8) is 0 Å². The van der Waals surface area contributed by atoms with Crippen LogP contribution in [0.15, 0.2) is 5.38 Å². The number of Topliss-reactive ketones (excluding diaryl/α,β-unsaturated/α-hetero) is 1. The van der Waals surface area contributed by atoms with Crippen molar-refractivity contribution in [2.75, 3.05) is 18.0 Å². The Morgan fingerprint density at radius 3 is 3.00 bits per heavy atom. The summed E-state index contributed by atoms with van der Waals surface area (Å²) in [6.45, 7) is 6.02. The van der Waals surface area contributed by atoms with Gasteiger partial charge in [-0.15, -0.1) is 11.3 Å². The molecule has 1 saturated heterocycles. The van der Waals surface area contributed by atoms with Gasteiger partial charge in [-0.05, 0) is 25.2 Å². The molecule has 0 saturated carbocycles. The molecule has 1 unspecified atom stereocenters. The summed E-state index contributed by atoms with van der Waals surface area (Å²) in [6.07, 6.45) is 5.11. The molecule has 0 aromatic carbocycles. The summed E-state index contributed by atoms with van der Waals surface area (Å²) in [6, 6.07) is 0. The lowest BCUT2D eigenvalue weighted by atomic mass is 9.98. The number of thiazole rings is 1. The summed E-state index contributed by atoms with van der Waals surface area (Å²) >= 11 is 1.60. The van der Waals surface area contributed by atoms with Gasteiger partial charge in [0.2, 0.25) is 0 Å². The van der Waals surface area contributed by atoms with Crippen LogP contribution in [0.4, 0.5) is 5.13 Å². The highest BCUT2D eigenvalue weighted by Crippen LogP contribution is 2.26. The topological polar surface area (TPSA) is 33.2 Å². The first kappa shape index (κ1) is 12.6. The van der Waals surface area contributed by atoms with Gasteiger partial charge < -0.3 is 4.90 Å². The summed E-state index contributed by atoms with van der Waals surface area (Å²) in [7, 11) is 0. The minimum atomic E-state index is 0.0637. The van der Waals surface area contributed by atoms with Crippen molar-refractivity contribution in [1.29, 1.82) is 0 Å². The molecule has 0 amide bonds. The molecular weight excluding hydrogens is 232 g/mol. The maximum Gasteiger partial charge on any atom is 0.185 e. The third-order valence-electron chi connectivity index (χ3n) is 3.55. The molecule has 0 N–H and O–H groups in total. The van der Waals surface area contributed by atoms with Crippen molar-refractivity contribution in [3.05, 3.63) is 11.1 Å². The molecule has 94 valence electrons. The average Bonchev–Trinajstić information content (AvgIpc) is 2.68. The van der Waals surface area contributed by atoms with Crippen LogP contribution in [0, 0.1) is 5.92 Å². The monoisotopic (exact) mass is 252 g/mol. The first-order chi connectivity index (χ1) is 8.20. The van der Waals surface area contributed by atoms with Crippen molar-refractivity contribution < 1.29 is 4.79 Å². The zero-order valence-corrected chi connectivity index (χ0v) is 11.4. The molecule has 0 aliphatic carbocycles. The molecule has 1 aliphatic heterocycles. The highest BCUT2D eigenvalue weighted by atomic mass is 32.1. The highest BCUT2D eigenvalue weighted by molar-refractivity contribution is 7.13. The number of nitrogens with zero attached hydrogens (tertiary/aromatic N) is 2. The number of hydrogen-bond acceptors (Lipinski definition) is 4. The standard InChI is InChI=1S/C13H20N2OS/c1-3-11-5-4-7-15(8-6-11)13-14-12(9-17-13)10(2)16/h9,11H,3-8H2,1-2H3. The van der Waals surface area contributed by atoms with E-state index in [0.717, 1.165) is 24.1 Å². The Kier molecular flexibility index (Phi) is 4.15. The van der Waals surface area contributed by atoms with Crippen LogP contribution >= 0.6 is 11.3 Å². The van der Waals surface area contributed by atoms with Crippen molar-refractivity contribution in [2.24, 2.45) is 5.92 Å². The van der Waals surface area contributed by atoms with E-state index in [1.807, 2.05) is 5.38 Å². The first-order valence-corrected chi connectivity index (χ1v) is 7.30. The lowest BCUT2D eigenvalue weighted by Crippen LogP contribution is -2.24. The third kappa shape index (κ3) is 3.06. The molecule has 3 nitrogen and oxygen atoms in total. The van der Waals surface area contributed by atoms with Crippen molar-refractivity contribution in [1.82, 2.24) is 4.98 Å². The van der Waals surface area contributed by atoms with Gasteiger partial charge in [-0.3, -0.25) is 4.79 Å². The van der Waals surface area contributed by atoms with E-state index in [9.17, 15) is 4.79 Å². The van der Waals surface area contributed by atoms with Crippen LogP contribution in [0.5, 0.6) is 0 Å². The predicted octanol–water partition coefficient (Wildman–Crippen LogP) is 3.36. The van der Waals surface area contributed by atoms with E-state index in [4.69, 9.17) is 0 Å². The lowest BCUT2D eigenvalue weighted by molar-refractivity contribution is 0.101. The molecule has 2 rings (SSSR count). The molecule has 1 fully saturated rings. The fraction of sp³-hybridized carbons (Fsp3) is 0.692. The minimum Gasteiger partial charge on any atom is -0.348 e. The molecule has 1 aromatic rings. The van der Waals surface area contributed by atoms with Crippen LogP contribution in [0.1, 0.15) is 50.0 Å². The fourth-order valence-electron chi connectivity index (χ4n) is 2.34. The van der Waals surface area contributed by atoms with Gasteiger partial charge in [-0.25, -0.2) is 4.98 Å². The van der Waals surface area contributed by atoms with Gasteiger partial charge in [0.05, 0.1) is 0 Å². The summed E-state index contributed by atoms with van der Waals surface area (Å²) in [4.78, 5) is 18.0. The average molecular weight is 252 g/mol. The van der Waals surface area contributed by atoms with Gasteiger partial charge in [-0.2, -0.15) is 0 Å². The summed E-state index contributed by atoms with van der Waals surface area (Å²) in [5.74, 6) is 0.931. The van der Waals surface area contributed by atoms with E-state index >= 15 is 0 Å². The van der Waals surface area contributed by atoms with Gasteiger partial charge >= 0.3 is 0 Å². The Morgan fingerprint density at radius 1 is 1.53 bits per heavy atom. The second-order valence-corrected chi connectivity index (χ2v) is 5.60. The number of rotatable bonds is 3. The number of carbonyl (C=O) groups is 1. The largest absolute Gasteiger partial charge is 0.348 e. The Hall–Kier alpha value is -0.900. The summed E-state index contributed by atoms with van der Waals surface area (Å²) < 4.78 is 0. The van der Waals surface area contributed by atoms with Crippen LogP contribution in [-0.4, -0.2) is 23.9 Å². The van der Waals surface area contributed by atoms with E-state index < -0.39 is 0 Å². The van der Waals surface area contributed by atoms with E-state index in [0.29, 0.717) is 5.69 Å². The number of ketones is 1. The lowest BCUT2D eigenvalue weighted by Gasteiger charge is -2.19. The van der Waals surface area contributed by atoms with E-state index in [1.165, 1.54) is 25.7 Å². The Bertz CT molecular complexity index is 389. The normalized spacial score (nSPS) is 21.3. The Labute approximate surface area is 107 Å². The van der Waals surface area contributed by atoms with Crippen LogP contribution in [0.25, 0.3) is 0 Å². The van der Waals surface area contributed by atoms with E-state index in [-0.39, 0.29) is 5.78 Å². The maximum atomic E-state index is 11.2. The van der Waals surface area contributed by atoms with Crippen LogP contribution in [-0.2, 0) is 0 Å². The van der Waals surface area contributed by atoms with Gasteiger partial charge in [0.1, 0.15) is 5.69 Å². The van der Waals surface area contributed by atoms with Crippen molar-refractivity contribution in [2.45, 2.75) is 39.5 Å². The van der Waals surface area contributed by atoms with Crippen molar-refractivity contribution in [3.8, 4) is 0 Å². The Balaban J connectivity index is 2.03. The molecule has 1 aromatic heterocycles. The smallest absolute Gasteiger partial charge is 0.185 e. The zero-order chi connectivity index (χ0) is 12.3. The summed E-state index contributed by atoms with van der Waals surface area (Å²) in [5.41, 5.74) is 0.612. The number of anilines is 1. The number of hydrogen-bond donors (Lipinski definition) is 0. The second kappa shape index (κ2) is 5.63. The number of aromatic nitrogens is 1. The minimum absolute atomic E-state index is 0.0637. The third-order valence-corrected chi connectivity index (χ3v) is 4.45. The predicted molar refractivity (Wildman–Crippen MR) is 72.0 cm³/mol. The van der Waals surface area contributed by atoms with Gasteiger partial charge in [0, 0.05) is 25.4 Å². The molecule has 1 aliphatic rings. The quantitative estimate of drug-likeness (QED) is 0.773. The SMILES string of the molecule is CCC1CCCN(c2nc(C(C)=O)cs2)CC1. The van der Waals surface area contributed by atoms with E-state index in [2.05, 4.69) is 16.8 Å². The van der Waals surface area contributed by atoms with Crippen LogP contribution < -0.4 is 4.90 Å². The molecule has 4 heteroatoms. The molecule has 17 heavy (non-hydrogen) atoms. The highest BCUT2D eigenvalue weighted by Gasteiger charge is 2.18. The molecule has 2 heterocycles. The fourth-order valence-corrected chi connectivity index (χ4v) is 3.25. The number of carbonyl (C=O) groups excluding carboxylic acids is 1. The molecule has 0 radical (unpaired) electrons. The Morgan fingerprint density at radius 2 is 2.35 bits per heavy atom. The summed E-state index contributed by atoms with van der Waals surface area (Å²) in [5, 5.41) is 2.90. The van der Waals surface area contributed by atoms with E-state index in [1.54, 1.807) is 18.3 Å². The van der Waals surface area contributed by atoms with Crippen LogP contribution in [0.3, 0.4) is 0 Å². The molecule has 0 spiro atoms. The maximum absolute atomic E-state index is 11.2. The molecule has 1 atom stereocenters. The van der Waals surface area contributed by atoms with Gasteiger partial charge in [0.25, 0.3) is 0 Å². The van der Waals surface area contributed by atoms with Gasteiger partial charge in [0.15, 0.2) is 10.9 Å². The zero-order valence-electron chi connectivity index (χ0n) is 10.6. The second-order valence-electron chi connectivity index (χ2n) is 4.76. The van der Waals surface area contributed by atoms with Crippen molar-refractivity contribution >= 4 is 22.3 Å². The van der Waals surface area contributed by atoms with Gasteiger partial charge in [-0.1, -0.05) is 13.3 Å².